The summed E-state index contributed by atoms with van der Waals surface area (Å²) in [7, 11) is 0. The van der Waals surface area contributed by atoms with Gasteiger partial charge in [0.1, 0.15) is 5.82 Å². The molecular formula is C11H9ClFNO2. The van der Waals surface area contributed by atoms with Gasteiger partial charge in [-0.2, -0.15) is 0 Å². The van der Waals surface area contributed by atoms with Crippen molar-refractivity contribution in [1.82, 2.24) is 0 Å². The molecule has 1 aromatic rings. The zero-order chi connectivity index (χ0) is 11.7. The van der Waals surface area contributed by atoms with Crippen molar-refractivity contribution in [3.63, 3.8) is 0 Å². The van der Waals surface area contributed by atoms with Gasteiger partial charge in [-0.1, -0.05) is 0 Å². The Morgan fingerprint density at radius 1 is 1.38 bits per heavy atom. The molecule has 1 saturated heterocycles. The standard InChI is InChI=1S/C11H9ClFNO2/c12-11(16)7-5-10(15)14(6-7)9-3-1-8(13)2-4-9/h1-4,7H,5-6H2. The number of anilines is 1. The Labute approximate surface area is 96.8 Å². The highest BCUT2D eigenvalue weighted by atomic mass is 35.5. The number of halogens is 2. The monoisotopic (exact) mass is 241 g/mol. The molecule has 0 saturated carbocycles. The lowest BCUT2D eigenvalue weighted by Crippen LogP contribution is -2.25. The van der Waals surface area contributed by atoms with Gasteiger partial charge in [-0.05, 0) is 35.9 Å². The SMILES string of the molecule is O=C(Cl)C1CC(=O)N(c2ccc(F)cc2)C1. The first-order chi connectivity index (χ1) is 7.58. The fraction of sp³-hybridized carbons (Fsp3) is 0.273. The molecule has 1 atom stereocenters. The predicted molar refractivity (Wildman–Crippen MR) is 57.7 cm³/mol. The van der Waals surface area contributed by atoms with E-state index in [0.29, 0.717) is 5.69 Å². The highest BCUT2D eigenvalue weighted by molar-refractivity contribution is 6.64. The average molecular weight is 242 g/mol. The van der Waals surface area contributed by atoms with E-state index in [2.05, 4.69) is 0 Å². The third-order valence-electron chi connectivity index (χ3n) is 2.58. The minimum atomic E-state index is -0.502. The summed E-state index contributed by atoms with van der Waals surface area (Å²) in [5.41, 5.74) is 0.590. The molecular weight excluding hydrogens is 233 g/mol. The lowest BCUT2D eigenvalue weighted by Gasteiger charge is -2.15. The van der Waals surface area contributed by atoms with Crippen LogP contribution in [0.2, 0.25) is 0 Å². The van der Waals surface area contributed by atoms with Crippen molar-refractivity contribution in [2.24, 2.45) is 5.92 Å². The third-order valence-corrected chi connectivity index (χ3v) is 2.89. The number of hydrogen-bond donors (Lipinski definition) is 0. The molecule has 2 rings (SSSR count). The van der Waals surface area contributed by atoms with E-state index in [1.54, 1.807) is 0 Å². The number of hydrogen-bond acceptors (Lipinski definition) is 2. The molecule has 1 fully saturated rings. The molecule has 0 aliphatic carbocycles. The molecule has 5 heteroatoms. The summed E-state index contributed by atoms with van der Waals surface area (Å²) >= 11 is 5.35. The molecule has 1 aliphatic heterocycles. The first-order valence-corrected chi connectivity index (χ1v) is 5.21. The summed E-state index contributed by atoms with van der Waals surface area (Å²) in [5.74, 6) is -0.981. The van der Waals surface area contributed by atoms with Gasteiger partial charge in [-0.15, -0.1) is 0 Å². The molecule has 1 amide bonds. The molecule has 0 N–H and O–H groups in total. The van der Waals surface area contributed by atoms with Gasteiger partial charge in [0.15, 0.2) is 0 Å². The zero-order valence-electron chi connectivity index (χ0n) is 8.32. The summed E-state index contributed by atoms with van der Waals surface area (Å²) in [4.78, 5) is 24.0. The third kappa shape index (κ3) is 2.07. The maximum atomic E-state index is 12.7. The fourth-order valence-electron chi connectivity index (χ4n) is 1.73. The Morgan fingerprint density at radius 3 is 2.50 bits per heavy atom. The molecule has 1 unspecified atom stereocenters. The van der Waals surface area contributed by atoms with Gasteiger partial charge in [0.25, 0.3) is 0 Å². The van der Waals surface area contributed by atoms with Crippen molar-refractivity contribution in [2.75, 3.05) is 11.4 Å². The van der Waals surface area contributed by atoms with Gasteiger partial charge >= 0.3 is 0 Å². The fourth-order valence-corrected chi connectivity index (χ4v) is 1.88. The van der Waals surface area contributed by atoms with E-state index in [9.17, 15) is 14.0 Å². The number of rotatable bonds is 2. The maximum absolute atomic E-state index is 12.7. The molecule has 0 radical (unpaired) electrons. The minimum absolute atomic E-state index is 0.125. The molecule has 3 nitrogen and oxygen atoms in total. The second kappa shape index (κ2) is 4.22. The first-order valence-electron chi connectivity index (χ1n) is 4.83. The van der Waals surface area contributed by atoms with E-state index in [-0.39, 0.29) is 24.7 Å². The van der Waals surface area contributed by atoms with Gasteiger partial charge in [0.05, 0.1) is 5.92 Å². The van der Waals surface area contributed by atoms with Crippen LogP contribution in [0.5, 0.6) is 0 Å². The normalized spacial score (nSPS) is 20.2. The summed E-state index contributed by atoms with van der Waals surface area (Å²) in [6.45, 7) is 0.271. The molecule has 1 aliphatic rings. The summed E-state index contributed by atoms with van der Waals surface area (Å²) in [5, 5.41) is -0.502. The van der Waals surface area contributed by atoms with E-state index >= 15 is 0 Å². The lowest BCUT2D eigenvalue weighted by atomic mass is 10.1. The zero-order valence-corrected chi connectivity index (χ0v) is 9.08. The second-order valence-electron chi connectivity index (χ2n) is 3.69. The van der Waals surface area contributed by atoms with Gasteiger partial charge in [0, 0.05) is 18.7 Å². The van der Waals surface area contributed by atoms with Crippen LogP contribution in [0.1, 0.15) is 6.42 Å². The summed E-state index contributed by atoms with van der Waals surface area (Å²) < 4.78 is 12.7. The number of carbonyl (C=O) groups excluding carboxylic acids is 2. The number of benzene rings is 1. The molecule has 16 heavy (non-hydrogen) atoms. The molecule has 1 aromatic carbocycles. The Hall–Kier alpha value is -1.42. The summed E-state index contributed by atoms with van der Waals surface area (Å²) in [6, 6.07) is 5.57. The van der Waals surface area contributed by atoms with Crippen molar-refractivity contribution >= 4 is 28.4 Å². The maximum Gasteiger partial charge on any atom is 0.227 e. The van der Waals surface area contributed by atoms with Crippen LogP contribution >= 0.6 is 11.6 Å². The number of carbonyl (C=O) groups is 2. The van der Waals surface area contributed by atoms with Crippen molar-refractivity contribution in [1.29, 1.82) is 0 Å². The molecule has 0 aromatic heterocycles. The molecule has 1 heterocycles. The molecule has 0 bridgehead atoms. The van der Waals surface area contributed by atoms with Crippen LogP contribution in [0.4, 0.5) is 10.1 Å². The Kier molecular flexibility index (Phi) is 2.92. The van der Waals surface area contributed by atoms with E-state index in [0.717, 1.165) is 0 Å². The van der Waals surface area contributed by atoms with E-state index in [1.807, 2.05) is 0 Å². The van der Waals surface area contributed by atoms with Gasteiger partial charge in [0.2, 0.25) is 11.1 Å². The van der Waals surface area contributed by atoms with Crippen molar-refractivity contribution < 1.29 is 14.0 Å². The van der Waals surface area contributed by atoms with Crippen molar-refractivity contribution in [3.05, 3.63) is 30.1 Å². The van der Waals surface area contributed by atoms with Crippen LogP contribution in [0.25, 0.3) is 0 Å². The quantitative estimate of drug-likeness (QED) is 0.742. The number of amides is 1. The largest absolute Gasteiger partial charge is 0.312 e. The van der Waals surface area contributed by atoms with E-state index in [4.69, 9.17) is 11.6 Å². The Morgan fingerprint density at radius 2 is 2.00 bits per heavy atom. The van der Waals surface area contributed by atoms with Crippen LogP contribution in [-0.2, 0) is 9.59 Å². The average Bonchev–Trinajstić information content (AvgIpc) is 2.62. The van der Waals surface area contributed by atoms with E-state index in [1.165, 1.54) is 29.2 Å². The van der Waals surface area contributed by atoms with Crippen molar-refractivity contribution in [3.8, 4) is 0 Å². The van der Waals surface area contributed by atoms with Gasteiger partial charge in [-0.3, -0.25) is 9.59 Å². The highest BCUT2D eigenvalue weighted by Crippen LogP contribution is 2.26. The van der Waals surface area contributed by atoms with Crippen LogP contribution in [0.3, 0.4) is 0 Å². The summed E-state index contributed by atoms with van der Waals surface area (Å²) in [6.07, 6.45) is 0.125. The Balaban J connectivity index is 2.20. The van der Waals surface area contributed by atoms with Crippen LogP contribution in [0.15, 0.2) is 24.3 Å². The Bertz CT molecular complexity index is 432. The predicted octanol–water partition coefficient (Wildman–Crippen LogP) is 1.94. The minimum Gasteiger partial charge on any atom is -0.312 e. The van der Waals surface area contributed by atoms with E-state index < -0.39 is 11.2 Å². The van der Waals surface area contributed by atoms with Crippen LogP contribution in [-0.4, -0.2) is 17.7 Å². The van der Waals surface area contributed by atoms with Crippen LogP contribution < -0.4 is 4.90 Å². The second-order valence-corrected chi connectivity index (χ2v) is 4.06. The van der Waals surface area contributed by atoms with Crippen molar-refractivity contribution in [2.45, 2.75) is 6.42 Å². The lowest BCUT2D eigenvalue weighted by molar-refractivity contribution is -0.120. The smallest absolute Gasteiger partial charge is 0.227 e. The molecule has 0 spiro atoms. The van der Waals surface area contributed by atoms with Crippen LogP contribution in [0, 0.1) is 11.7 Å². The van der Waals surface area contributed by atoms with Gasteiger partial charge < -0.3 is 4.90 Å². The first kappa shape index (κ1) is 11.1. The van der Waals surface area contributed by atoms with Gasteiger partial charge in [-0.25, -0.2) is 4.39 Å². The topological polar surface area (TPSA) is 37.4 Å². The number of nitrogens with zero attached hydrogens (tertiary/aromatic N) is 1. The molecule has 84 valence electrons. The highest BCUT2D eigenvalue weighted by Gasteiger charge is 2.34.